The Morgan fingerprint density at radius 2 is 1.83 bits per heavy atom. The molecule has 1 aliphatic carbocycles. The van der Waals surface area contributed by atoms with Crippen LogP contribution in [0, 0.1) is 6.92 Å². The van der Waals surface area contributed by atoms with Crippen molar-refractivity contribution in [2.24, 2.45) is 0 Å². The van der Waals surface area contributed by atoms with E-state index in [-0.39, 0.29) is 22.5 Å². The van der Waals surface area contributed by atoms with Gasteiger partial charge in [-0.2, -0.15) is 0 Å². The topological polar surface area (TPSA) is 128 Å². The van der Waals surface area contributed by atoms with Crippen molar-refractivity contribution < 1.29 is 16.8 Å². The number of rotatable bonds is 6. The SMILES string of the molecule is Cc1ccc(S(=O)(=O)n2ccc3c2ncc2nnc([C@@H]4CC[C@H](NS(=O)(=O)c5cccs5)C4)n23)cc1. The van der Waals surface area contributed by atoms with Crippen LogP contribution in [0.1, 0.15) is 36.6 Å². The van der Waals surface area contributed by atoms with Crippen molar-refractivity contribution in [3.63, 3.8) is 0 Å². The molecule has 1 N–H and O–H groups in total. The average molecular weight is 543 g/mol. The quantitative estimate of drug-likeness (QED) is 0.349. The first-order valence-electron chi connectivity index (χ1n) is 11.3. The van der Waals surface area contributed by atoms with Gasteiger partial charge in [0.1, 0.15) is 10.0 Å². The molecule has 0 radical (unpaired) electrons. The molecule has 1 saturated carbocycles. The fourth-order valence-electron chi connectivity index (χ4n) is 4.75. The molecule has 0 saturated heterocycles. The maximum Gasteiger partial charge on any atom is 0.269 e. The van der Waals surface area contributed by atoms with E-state index in [1.54, 1.807) is 47.8 Å². The van der Waals surface area contributed by atoms with Gasteiger partial charge in [-0.3, -0.25) is 4.40 Å². The third-order valence-electron chi connectivity index (χ3n) is 6.52. The minimum Gasteiger partial charge on any atom is -0.274 e. The van der Waals surface area contributed by atoms with Crippen LogP contribution in [0.4, 0.5) is 0 Å². The minimum absolute atomic E-state index is 0.0429. The van der Waals surface area contributed by atoms with E-state index < -0.39 is 20.0 Å². The predicted molar refractivity (Wildman–Crippen MR) is 135 cm³/mol. The first-order chi connectivity index (χ1) is 17.2. The zero-order chi connectivity index (χ0) is 25.1. The first kappa shape index (κ1) is 23.3. The smallest absolute Gasteiger partial charge is 0.269 e. The number of benzene rings is 1. The van der Waals surface area contributed by atoms with E-state index in [9.17, 15) is 16.8 Å². The molecule has 36 heavy (non-hydrogen) atoms. The predicted octanol–water partition coefficient (Wildman–Crippen LogP) is 3.30. The second-order valence-corrected chi connectivity index (χ2v) is 13.6. The largest absolute Gasteiger partial charge is 0.274 e. The third kappa shape index (κ3) is 3.82. The molecule has 2 atom stereocenters. The molecular weight excluding hydrogens is 520 g/mol. The minimum atomic E-state index is -3.85. The summed E-state index contributed by atoms with van der Waals surface area (Å²) < 4.78 is 58.1. The Morgan fingerprint density at radius 3 is 2.58 bits per heavy atom. The summed E-state index contributed by atoms with van der Waals surface area (Å²) in [4.78, 5) is 4.55. The number of sulfonamides is 1. The lowest BCUT2D eigenvalue weighted by atomic mass is 10.1. The van der Waals surface area contributed by atoms with Gasteiger partial charge in [-0.25, -0.2) is 30.5 Å². The summed E-state index contributed by atoms with van der Waals surface area (Å²) in [6, 6.07) is 11.4. The summed E-state index contributed by atoms with van der Waals surface area (Å²) >= 11 is 1.18. The van der Waals surface area contributed by atoms with Crippen LogP contribution >= 0.6 is 11.3 Å². The highest BCUT2D eigenvalue weighted by Crippen LogP contribution is 2.36. The number of hydrogen-bond acceptors (Lipinski definition) is 8. The van der Waals surface area contributed by atoms with Crippen molar-refractivity contribution in [2.45, 2.75) is 47.3 Å². The van der Waals surface area contributed by atoms with Crippen LogP contribution in [0.25, 0.3) is 16.8 Å². The van der Waals surface area contributed by atoms with Gasteiger partial charge in [-0.05, 0) is 55.8 Å². The highest BCUT2D eigenvalue weighted by atomic mass is 32.2. The van der Waals surface area contributed by atoms with Gasteiger partial charge in [0.15, 0.2) is 11.3 Å². The van der Waals surface area contributed by atoms with Crippen molar-refractivity contribution >= 4 is 48.2 Å². The molecule has 0 aliphatic heterocycles. The van der Waals surface area contributed by atoms with Gasteiger partial charge in [0.25, 0.3) is 10.0 Å². The van der Waals surface area contributed by atoms with E-state index in [1.807, 2.05) is 11.3 Å². The van der Waals surface area contributed by atoms with Crippen molar-refractivity contribution in [1.29, 1.82) is 0 Å². The summed E-state index contributed by atoms with van der Waals surface area (Å²) in [5.41, 5.74) is 2.32. The van der Waals surface area contributed by atoms with Gasteiger partial charge in [-0.15, -0.1) is 21.5 Å². The Morgan fingerprint density at radius 1 is 1.03 bits per heavy atom. The summed E-state index contributed by atoms with van der Waals surface area (Å²) in [5, 5.41) is 10.4. The Bertz CT molecular complexity index is 1790. The van der Waals surface area contributed by atoms with Crippen LogP contribution in [0.3, 0.4) is 0 Å². The summed E-state index contributed by atoms with van der Waals surface area (Å²) in [6.45, 7) is 1.90. The van der Waals surface area contributed by atoms with Gasteiger partial charge in [0, 0.05) is 18.2 Å². The van der Waals surface area contributed by atoms with Crippen LogP contribution in [-0.2, 0) is 20.0 Å². The second-order valence-electron chi connectivity index (χ2n) is 8.91. The van der Waals surface area contributed by atoms with E-state index in [0.717, 1.165) is 12.0 Å². The van der Waals surface area contributed by atoms with Crippen LogP contribution < -0.4 is 4.72 Å². The molecular formula is C23H22N6O4S3. The lowest BCUT2D eigenvalue weighted by Gasteiger charge is -2.13. The molecule has 0 spiro atoms. The molecule has 0 amide bonds. The van der Waals surface area contributed by atoms with E-state index in [1.165, 1.54) is 27.7 Å². The Kier molecular flexibility index (Phi) is 5.48. The Balaban J connectivity index is 1.34. The highest BCUT2D eigenvalue weighted by molar-refractivity contribution is 7.91. The van der Waals surface area contributed by atoms with E-state index in [0.29, 0.717) is 34.0 Å². The molecule has 1 fully saturated rings. The molecule has 4 aromatic heterocycles. The summed E-state index contributed by atoms with van der Waals surface area (Å²) in [7, 11) is -7.42. The van der Waals surface area contributed by atoms with Crippen LogP contribution in [0.15, 0.2) is 69.3 Å². The fourth-order valence-corrected chi connectivity index (χ4v) is 8.34. The Hall–Kier alpha value is -3.13. The molecule has 4 heterocycles. The van der Waals surface area contributed by atoms with Gasteiger partial charge in [-0.1, -0.05) is 23.8 Å². The maximum absolute atomic E-state index is 13.3. The molecule has 0 unspecified atom stereocenters. The highest BCUT2D eigenvalue weighted by Gasteiger charge is 2.33. The zero-order valence-electron chi connectivity index (χ0n) is 19.1. The molecule has 6 rings (SSSR count). The third-order valence-corrected chi connectivity index (χ3v) is 11.1. The maximum atomic E-state index is 13.3. The van der Waals surface area contributed by atoms with Gasteiger partial charge in [0.05, 0.1) is 16.6 Å². The van der Waals surface area contributed by atoms with Crippen molar-refractivity contribution in [3.05, 3.63) is 71.6 Å². The van der Waals surface area contributed by atoms with Crippen LogP contribution in [-0.4, -0.2) is 46.4 Å². The fraction of sp³-hybridized carbons (Fsp3) is 0.261. The number of nitrogens with one attached hydrogen (secondary N) is 1. The molecule has 186 valence electrons. The molecule has 10 nitrogen and oxygen atoms in total. The van der Waals surface area contributed by atoms with Crippen molar-refractivity contribution in [2.75, 3.05) is 0 Å². The lowest BCUT2D eigenvalue weighted by Crippen LogP contribution is -2.32. The monoisotopic (exact) mass is 542 g/mol. The number of thiophene rings is 1. The second kappa shape index (κ2) is 8.47. The van der Waals surface area contributed by atoms with Gasteiger partial charge >= 0.3 is 0 Å². The molecule has 13 heteroatoms. The average Bonchev–Trinajstić information content (AvgIpc) is 3.64. The normalized spacial score (nSPS) is 18.9. The molecule has 0 bridgehead atoms. The number of fused-ring (bicyclic) bond motifs is 3. The Labute approximate surface area is 211 Å². The summed E-state index contributed by atoms with van der Waals surface area (Å²) in [6.07, 6.45) is 4.96. The van der Waals surface area contributed by atoms with Crippen LogP contribution in [0.2, 0.25) is 0 Å². The standard InChI is InChI=1S/C23H22N6O4S3/c1-15-4-8-18(9-5-15)36(32,33)28-11-10-19-23(28)24-14-20-25-26-22(29(19)20)16-6-7-17(13-16)27-35(30,31)21-3-2-12-34-21/h2-5,8-12,14,16-17,27H,6-7,13H2,1H3/t16-,17+/m1/s1. The summed E-state index contributed by atoms with van der Waals surface area (Å²) in [5.74, 6) is 0.624. The van der Waals surface area contributed by atoms with Gasteiger partial charge in [0.2, 0.25) is 10.0 Å². The van der Waals surface area contributed by atoms with Crippen molar-refractivity contribution in [3.8, 4) is 0 Å². The van der Waals surface area contributed by atoms with Gasteiger partial charge < -0.3 is 0 Å². The lowest BCUT2D eigenvalue weighted by molar-refractivity contribution is 0.548. The number of nitrogens with zero attached hydrogens (tertiary/aromatic N) is 5. The molecule has 1 aromatic carbocycles. The molecule has 1 aliphatic rings. The zero-order valence-corrected chi connectivity index (χ0v) is 21.6. The van der Waals surface area contributed by atoms with E-state index >= 15 is 0 Å². The first-order valence-corrected chi connectivity index (χ1v) is 15.1. The van der Waals surface area contributed by atoms with E-state index in [4.69, 9.17) is 0 Å². The number of aryl methyl sites for hydroxylation is 1. The number of hydrogen-bond donors (Lipinski definition) is 1. The van der Waals surface area contributed by atoms with Crippen LogP contribution in [0.5, 0.6) is 0 Å². The van der Waals surface area contributed by atoms with E-state index in [2.05, 4.69) is 19.9 Å². The van der Waals surface area contributed by atoms with Crippen molar-refractivity contribution in [1.82, 2.24) is 28.3 Å². The molecule has 5 aromatic rings. The number of aromatic nitrogens is 5.